The smallest absolute Gasteiger partial charge is 0.270 e. The summed E-state index contributed by atoms with van der Waals surface area (Å²) in [5.41, 5.74) is 2.55. The zero-order chi connectivity index (χ0) is 22.7. The van der Waals surface area contributed by atoms with Gasteiger partial charge >= 0.3 is 0 Å². The molecule has 2 amide bonds. The fourth-order valence-electron chi connectivity index (χ4n) is 4.24. The Bertz CT molecular complexity index is 1110. The van der Waals surface area contributed by atoms with E-state index in [0.717, 1.165) is 5.56 Å². The maximum absolute atomic E-state index is 14.1. The van der Waals surface area contributed by atoms with Crippen LogP contribution in [0.15, 0.2) is 66.9 Å². The number of anilines is 1. The van der Waals surface area contributed by atoms with Crippen LogP contribution in [0.1, 0.15) is 43.2 Å². The molecule has 3 aromatic rings. The van der Waals surface area contributed by atoms with Crippen LogP contribution in [0.3, 0.4) is 0 Å². The van der Waals surface area contributed by atoms with E-state index in [-0.39, 0.29) is 29.6 Å². The second-order valence-corrected chi connectivity index (χ2v) is 8.51. The summed E-state index contributed by atoms with van der Waals surface area (Å²) in [5, 5.41) is 2.97. The first-order valence-electron chi connectivity index (χ1n) is 11.1. The van der Waals surface area contributed by atoms with Crippen molar-refractivity contribution in [3.05, 3.63) is 78.4 Å². The van der Waals surface area contributed by atoms with Crippen LogP contribution in [0.4, 0.5) is 10.1 Å². The van der Waals surface area contributed by atoms with Crippen molar-refractivity contribution in [3.8, 4) is 11.1 Å². The number of likely N-dealkylation sites (tertiary alicyclic amines) is 1. The third kappa shape index (κ3) is 4.59. The van der Waals surface area contributed by atoms with Crippen LogP contribution in [0.5, 0.6) is 0 Å². The van der Waals surface area contributed by atoms with Crippen molar-refractivity contribution in [1.82, 2.24) is 9.47 Å². The molecule has 1 saturated heterocycles. The second-order valence-electron chi connectivity index (χ2n) is 8.51. The number of hydrogen-bond donors (Lipinski definition) is 1. The van der Waals surface area contributed by atoms with Crippen molar-refractivity contribution in [2.24, 2.45) is 5.92 Å². The molecule has 0 aliphatic carbocycles. The number of amides is 2. The Labute approximate surface area is 187 Å². The third-order valence-corrected chi connectivity index (χ3v) is 6.02. The van der Waals surface area contributed by atoms with Gasteiger partial charge in [0.05, 0.1) is 0 Å². The highest BCUT2D eigenvalue weighted by molar-refractivity contribution is 5.95. The van der Waals surface area contributed by atoms with E-state index < -0.39 is 0 Å². The van der Waals surface area contributed by atoms with Crippen LogP contribution < -0.4 is 5.32 Å². The standard InChI is InChI=1S/C26H28FN3O2/c1-18(2)30-14-6-11-24(30)26(32)29-15-12-19(13-16-29)25(31)28-21-8-5-7-20(17-21)22-9-3-4-10-23(22)27/h3-11,14,17-19H,12-13,15-16H2,1-2H3,(H,28,31). The van der Waals surface area contributed by atoms with Gasteiger partial charge in [0.1, 0.15) is 11.5 Å². The number of piperidine rings is 1. The molecule has 1 aliphatic rings. The molecule has 0 radical (unpaired) electrons. The van der Waals surface area contributed by atoms with E-state index in [1.807, 2.05) is 39.9 Å². The maximum atomic E-state index is 14.1. The summed E-state index contributed by atoms with van der Waals surface area (Å²) in [7, 11) is 0. The maximum Gasteiger partial charge on any atom is 0.270 e. The summed E-state index contributed by atoms with van der Waals surface area (Å²) in [6.45, 7) is 5.20. The quantitative estimate of drug-likeness (QED) is 0.588. The fraction of sp³-hybridized carbons (Fsp3) is 0.308. The Morgan fingerprint density at radius 2 is 1.75 bits per heavy atom. The molecule has 0 saturated carbocycles. The highest BCUT2D eigenvalue weighted by Crippen LogP contribution is 2.26. The van der Waals surface area contributed by atoms with E-state index in [4.69, 9.17) is 0 Å². The monoisotopic (exact) mass is 433 g/mol. The zero-order valence-corrected chi connectivity index (χ0v) is 18.4. The molecule has 4 rings (SSSR count). The number of rotatable bonds is 5. The van der Waals surface area contributed by atoms with Crippen LogP contribution in [-0.4, -0.2) is 34.4 Å². The highest BCUT2D eigenvalue weighted by Gasteiger charge is 2.29. The lowest BCUT2D eigenvalue weighted by atomic mass is 9.95. The molecule has 5 nitrogen and oxygen atoms in total. The van der Waals surface area contributed by atoms with Crippen LogP contribution in [0.2, 0.25) is 0 Å². The molecule has 0 bridgehead atoms. The van der Waals surface area contributed by atoms with Gasteiger partial charge in [-0.3, -0.25) is 9.59 Å². The van der Waals surface area contributed by atoms with Gasteiger partial charge < -0.3 is 14.8 Å². The van der Waals surface area contributed by atoms with Gasteiger partial charge in [-0.15, -0.1) is 0 Å². The Balaban J connectivity index is 1.37. The Morgan fingerprint density at radius 3 is 2.47 bits per heavy atom. The van der Waals surface area contributed by atoms with Crippen molar-refractivity contribution < 1.29 is 14.0 Å². The van der Waals surface area contributed by atoms with Crippen molar-refractivity contribution in [2.75, 3.05) is 18.4 Å². The van der Waals surface area contributed by atoms with Crippen molar-refractivity contribution in [3.63, 3.8) is 0 Å². The largest absolute Gasteiger partial charge is 0.341 e. The van der Waals surface area contributed by atoms with E-state index >= 15 is 0 Å². The summed E-state index contributed by atoms with van der Waals surface area (Å²) in [6.07, 6.45) is 3.16. The number of benzene rings is 2. The van der Waals surface area contributed by atoms with Gasteiger partial charge in [0.25, 0.3) is 5.91 Å². The van der Waals surface area contributed by atoms with Crippen LogP contribution in [0, 0.1) is 11.7 Å². The van der Waals surface area contributed by atoms with Crippen molar-refractivity contribution in [1.29, 1.82) is 0 Å². The SMILES string of the molecule is CC(C)n1cccc1C(=O)N1CCC(C(=O)Nc2cccc(-c3ccccc3F)c2)CC1. The average Bonchev–Trinajstić information content (AvgIpc) is 3.29. The number of nitrogens with one attached hydrogen (secondary N) is 1. The van der Waals surface area contributed by atoms with Crippen molar-refractivity contribution >= 4 is 17.5 Å². The number of carbonyl (C=O) groups is 2. The number of carbonyl (C=O) groups excluding carboxylic acids is 2. The first-order chi connectivity index (χ1) is 15.4. The molecule has 32 heavy (non-hydrogen) atoms. The van der Waals surface area contributed by atoms with Crippen LogP contribution in [-0.2, 0) is 4.79 Å². The fourth-order valence-corrected chi connectivity index (χ4v) is 4.24. The first-order valence-corrected chi connectivity index (χ1v) is 11.1. The van der Waals surface area contributed by atoms with Gasteiger partial charge in [-0.25, -0.2) is 4.39 Å². The molecular weight excluding hydrogens is 405 g/mol. The minimum Gasteiger partial charge on any atom is -0.341 e. The molecule has 0 atom stereocenters. The van der Waals surface area contributed by atoms with Gasteiger partial charge in [0.15, 0.2) is 0 Å². The zero-order valence-electron chi connectivity index (χ0n) is 18.4. The van der Waals surface area contributed by atoms with Gasteiger partial charge in [0.2, 0.25) is 5.91 Å². The molecule has 1 N–H and O–H groups in total. The minimum absolute atomic E-state index is 0.0140. The average molecular weight is 434 g/mol. The second kappa shape index (κ2) is 9.39. The molecule has 0 unspecified atom stereocenters. The van der Waals surface area contributed by atoms with Crippen LogP contribution >= 0.6 is 0 Å². The lowest BCUT2D eigenvalue weighted by molar-refractivity contribution is -0.121. The summed E-state index contributed by atoms with van der Waals surface area (Å²) < 4.78 is 16.1. The topological polar surface area (TPSA) is 54.3 Å². The molecule has 6 heteroatoms. The van der Waals surface area contributed by atoms with Gasteiger partial charge in [-0.05, 0) is 62.6 Å². The predicted octanol–water partition coefficient (Wildman–Crippen LogP) is 5.37. The molecule has 0 spiro atoms. The molecule has 2 heterocycles. The third-order valence-electron chi connectivity index (χ3n) is 6.02. The molecule has 2 aromatic carbocycles. The summed E-state index contributed by atoms with van der Waals surface area (Å²) in [5.74, 6) is -0.502. The van der Waals surface area contributed by atoms with E-state index in [1.54, 1.807) is 30.3 Å². The normalized spacial score (nSPS) is 14.6. The minimum atomic E-state index is -0.295. The molecule has 1 aromatic heterocycles. The number of hydrogen-bond acceptors (Lipinski definition) is 2. The summed E-state index contributed by atoms with van der Waals surface area (Å²) >= 11 is 0. The first kappa shape index (κ1) is 21.8. The van der Waals surface area contributed by atoms with Crippen molar-refractivity contribution in [2.45, 2.75) is 32.7 Å². The van der Waals surface area contributed by atoms with Crippen LogP contribution in [0.25, 0.3) is 11.1 Å². The van der Waals surface area contributed by atoms with E-state index in [0.29, 0.717) is 42.9 Å². The summed E-state index contributed by atoms with van der Waals surface area (Å²) in [6, 6.07) is 17.8. The van der Waals surface area contributed by atoms with Gasteiger partial charge in [0, 0.05) is 42.5 Å². The number of nitrogens with zero attached hydrogens (tertiary/aromatic N) is 2. The lowest BCUT2D eigenvalue weighted by Crippen LogP contribution is -2.42. The number of halogens is 1. The predicted molar refractivity (Wildman–Crippen MR) is 124 cm³/mol. The highest BCUT2D eigenvalue weighted by atomic mass is 19.1. The number of aromatic nitrogens is 1. The molecule has 166 valence electrons. The summed E-state index contributed by atoms with van der Waals surface area (Å²) in [4.78, 5) is 27.6. The Kier molecular flexibility index (Phi) is 6.40. The Morgan fingerprint density at radius 1 is 1.00 bits per heavy atom. The molecular formula is C26H28FN3O2. The van der Waals surface area contributed by atoms with E-state index in [2.05, 4.69) is 19.2 Å². The molecule has 1 fully saturated rings. The van der Waals surface area contributed by atoms with E-state index in [1.165, 1.54) is 6.07 Å². The Hall–Kier alpha value is -3.41. The van der Waals surface area contributed by atoms with Gasteiger partial charge in [-0.1, -0.05) is 30.3 Å². The molecule has 1 aliphatic heterocycles. The van der Waals surface area contributed by atoms with Gasteiger partial charge in [-0.2, -0.15) is 0 Å². The van der Waals surface area contributed by atoms with E-state index in [9.17, 15) is 14.0 Å². The lowest BCUT2D eigenvalue weighted by Gasteiger charge is -2.31.